The van der Waals surface area contributed by atoms with E-state index >= 15 is 0 Å². The maximum atomic E-state index is 12.2. The lowest BCUT2D eigenvalue weighted by Crippen LogP contribution is -2.17. The third-order valence-electron chi connectivity index (χ3n) is 2.72. The van der Waals surface area contributed by atoms with E-state index in [0.717, 1.165) is 12.1 Å². The van der Waals surface area contributed by atoms with Gasteiger partial charge in [0, 0.05) is 23.4 Å². The molecule has 0 atom stereocenters. The van der Waals surface area contributed by atoms with E-state index in [2.05, 4.69) is 9.84 Å². The first kappa shape index (κ1) is 15.9. The fraction of sp³-hybridized carbons (Fsp3) is 0.250. The molecule has 0 radical (unpaired) electrons. The van der Waals surface area contributed by atoms with E-state index in [4.69, 9.17) is 28.3 Å². The Kier molecular flexibility index (Phi) is 4.36. The molecule has 114 valence electrons. The van der Waals surface area contributed by atoms with Crippen molar-refractivity contribution < 1.29 is 23.0 Å². The number of ether oxygens (including phenoxy) is 1. The largest absolute Gasteiger partial charge is 0.573 e. The van der Waals surface area contributed by atoms with Gasteiger partial charge in [0.25, 0.3) is 0 Å². The van der Waals surface area contributed by atoms with Gasteiger partial charge in [0.15, 0.2) is 0 Å². The van der Waals surface area contributed by atoms with E-state index in [9.17, 15) is 13.2 Å². The molecular weight excluding hydrogens is 332 g/mol. The molecule has 1 heterocycles. The van der Waals surface area contributed by atoms with Gasteiger partial charge in [-0.3, -0.25) is 0 Å². The fourth-order valence-corrected chi connectivity index (χ4v) is 2.39. The number of aliphatic hydroxyl groups excluding tert-OH is 1. The Balaban J connectivity index is 2.48. The summed E-state index contributed by atoms with van der Waals surface area (Å²) in [5.74, 6) is -0.520. The van der Waals surface area contributed by atoms with Crippen molar-refractivity contribution in [3.63, 3.8) is 0 Å². The fourth-order valence-electron chi connectivity index (χ4n) is 1.76. The molecule has 0 aliphatic heterocycles. The predicted molar refractivity (Wildman–Crippen MR) is 70.9 cm³/mol. The zero-order chi connectivity index (χ0) is 15.8. The lowest BCUT2D eigenvalue weighted by Gasteiger charge is -2.13. The highest BCUT2D eigenvalue weighted by atomic mass is 35.5. The van der Waals surface area contributed by atoms with E-state index in [1.54, 1.807) is 6.92 Å². The average molecular weight is 341 g/mol. The summed E-state index contributed by atoms with van der Waals surface area (Å²) in [6, 6.07) is 1.99. The monoisotopic (exact) mass is 340 g/mol. The summed E-state index contributed by atoms with van der Waals surface area (Å²) in [6.07, 6.45) is -3.41. The number of nitrogens with zero attached hydrogens (tertiary/aromatic N) is 2. The minimum Gasteiger partial charge on any atom is -0.406 e. The minimum absolute atomic E-state index is 0.0579. The summed E-state index contributed by atoms with van der Waals surface area (Å²) in [5.41, 5.74) is 1.34. The predicted octanol–water partition coefficient (Wildman–Crippen LogP) is 3.88. The van der Waals surface area contributed by atoms with Gasteiger partial charge in [-0.15, -0.1) is 13.2 Å². The van der Waals surface area contributed by atoms with Crippen molar-refractivity contribution in [2.24, 2.45) is 0 Å². The lowest BCUT2D eigenvalue weighted by molar-refractivity contribution is -0.274. The second kappa shape index (κ2) is 5.75. The van der Waals surface area contributed by atoms with Gasteiger partial charge >= 0.3 is 6.36 Å². The molecule has 0 spiro atoms. The molecule has 2 rings (SSSR count). The zero-order valence-corrected chi connectivity index (χ0v) is 12.1. The van der Waals surface area contributed by atoms with Crippen LogP contribution in [-0.2, 0) is 6.61 Å². The first-order valence-electron chi connectivity index (χ1n) is 5.62. The SMILES string of the molecule is Cc1c(CO)cnn1-c1c(Cl)cc(OC(F)(F)F)cc1Cl. The van der Waals surface area contributed by atoms with Crippen molar-refractivity contribution in [1.82, 2.24) is 9.78 Å². The summed E-state index contributed by atoms with van der Waals surface area (Å²) in [4.78, 5) is 0. The standard InChI is InChI=1S/C12H9Cl2F3N2O2/c1-6-7(5-20)4-18-19(6)11-9(13)2-8(3-10(11)14)21-12(15,16)17/h2-4,20H,5H2,1H3. The van der Waals surface area contributed by atoms with E-state index in [1.807, 2.05) is 0 Å². The summed E-state index contributed by atoms with van der Waals surface area (Å²) < 4.78 is 41.7. The number of hydrogen-bond donors (Lipinski definition) is 1. The van der Waals surface area contributed by atoms with Crippen molar-refractivity contribution in [2.45, 2.75) is 19.9 Å². The van der Waals surface area contributed by atoms with Crippen LogP contribution in [0.2, 0.25) is 10.0 Å². The van der Waals surface area contributed by atoms with E-state index in [0.29, 0.717) is 11.3 Å². The molecule has 1 aromatic heterocycles. The van der Waals surface area contributed by atoms with Gasteiger partial charge in [-0.2, -0.15) is 5.10 Å². The Morgan fingerprint density at radius 2 is 1.86 bits per heavy atom. The maximum Gasteiger partial charge on any atom is 0.573 e. The van der Waals surface area contributed by atoms with E-state index in [-0.39, 0.29) is 22.3 Å². The van der Waals surface area contributed by atoms with Crippen molar-refractivity contribution >= 4 is 23.2 Å². The lowest BCUT2D eigenvalue weighted by atomic mass is 10.2. The zero-order valence-electron chi connectivity index (χ0n) is 10.6. The van der Waals surface area contributed by atoms with Gasteiger partial charge in [-0.25, -0.2) is 4.68 Å². The third kappa shape index (κ3) is 3.42. The van der Waals surface area contributed by atoms with Gasteiger partial charge in [-0.1, -0.05) is 23.2 Å². The molecule has 2 aromatic rings. The molecule has 4 nitrogen and oxygen atoms in total. The van der Waals surface area contributed by atoms with Gasteiger partial charge in [0.05, 0.1) is 22.8 Å². The molecule has 21 heavy (non-hydrogen) atoms. The number of halogens is 5. The van der Waals surface area contributed by atoms with Crippen LogP contribution in [0.5, 0.6) is 5.75 Å². The molecule has 9 heteroatoms. The number of aliphatic hydroxyl groups is 1. The van der Waals surface area contributed by atoms with Gasteiger partial charge in [0.2, 0.25) is 0 Å². The number of aromatic nitrogens is 2. The molecule has 0 saturated carbocycles. The number of benzene rings is 1. The quantitative estimate of drug-likeness (QED) is 0.922. The van der Waals surface area contributed by atoms with Crippen LogP contribution < -0.4 is 4.74 Å². The van der Waals surface area contributed by atoms with Crippen LogP contribution >= 0.6 is 23.2 Å². The summed E-state index contributed by atoms with van der Waals surface area (Å²) >= 11 is 11.9. The van der Waals surface area contributed by atoms with Gasteiger partial charge < -0.3 is 9.84 Å². The molecule has 1 N–H and O–H groups in total. The second-order valence-electron chi connectivity index (χ2n) is 4.11. The first-order valence-corrected chi connectivity index (χ1v) is 6.38. The highest BCUT2D eigenvalue weighted by Gasteiger charge is 2.31. The summed E-state index contributed by atoms with van der Waals surface area (Å²) in [5, 5.41) is 13.0. The van der Waals surface area contributed by atoms with Crippen LogP contribution in [0.3, 0.4) is 0 Å². The Morgan fingerprint density at radius 1 is 1.29 bits per heavy atom. The van der Waals surface area contributed by atoms with Crippen LogP contribution in [0.15, 0.2) is 18.3 Å². The van der Waals surface area contributed by atoms with Crippen molar-refractivity contribution in [1.29, 1.82) is 0 Å². The van der Waals surface area contributed by atoms with Crippen LogP contribution in [0.1, 0.15) is 11.3 Å². The molecule has 0 aliphatic carbocycles. The number of alkyl halides is 3. The Bertz CT molecular complexity index is 648. The number of rotatable bonds is 3. The number of hydrogen-bond acceptors (Lipinski definition) is 3. The summed E-state index contributed by atoms with van der Waals surface area (Å²) in [6.45, 7) is 1.45. The van der Waals surface area contributed by atoms with Crippen LogP contribution in [0, 0.1) is 6.92 Å². The molecule has 1 aromatic carbocycles. The highest BCUT2D eigenvalue weighted by molar-refractivity contribution is 6.38. The Morgan fingerprint density at radius 3 is 2.29 bits per heavy atom. The summed E-state index contributed by atoms with van der Waals surface area (Å²) in [7, 11) is 0. The molecule has 0 amide bonds. The molecule has 0 unspecified atom stereocenters. The van der Waals surface area contributed by atoms with Crippen molar-refractivity contribution in [3.8, 4) is 11.4 Å². The highest BCUT2D eigenvalue weighted by Crippen LogP contribution is 2.35. The Labute approximate surface area is 127 Å². The first-order chi connectivity index (χ1) is 9.73. The van der Waals surface area contributed by atoms with E-state index in [1.165, 1.54) is 10.9 Å². The van der Waals surface area contributed by atoms with Crippen LogP contribution in [0.25, 0.3) is 5.69 Å². The molecule has 0 fully saturated rings. The third-order valence-corrected chi connectivity index (χ3v) is 3.29. The second-order valence-corrected chi connectivity index (χ2v) is 4.92. The van der Waals surface area contributed by atoms with Gasteiger partial charge in [-0.05, 0) is 6.92 Å². The smallest absolute Gasteiger partial charge is 0.406 e. The van der Waals surface area contributed by atoms with Crippen molar-refractivity contribution in [3.05, 3.63) is 39.6 Å². The Hall–Kier alpha value is -1.44. The normalized spacial score (nSPS) is 11.8. The molecule has 0 bridgehead atoms. The van der Waals surface area contributed by atoms with Crippen LogP contribution in [0.4, 0.5) is 13.2 Å². The van der Waals surface area contributed by atoms with Crippen molar-refractivity contribution in [2.75, 3.05) is 0 Å². The molecule has 0 saturated heterocycles. The van der Waals surface area contributed by atoms with Crippen LogP contribution in [-0.4, -0.2) is 21.2 Å². The van der Waals surface area contributed by atoms with E-state index < -0.39 is 12.1 Å². The molecular formula is C12H9Cl2F3N2O2. The molecule has 0 aliphatic rings. The minimum atomic E-state index is -4.83. The topological polar surface area (TPSA) is 47.3 Å². The maximum absolute atomic E-state index is 12.2. The van der Waals surface area contributed by atoms with Gasteiger partial charge in [0.1, 0.15) is 11.4 Å². The average Bonchev–Trinajstić information content (AvgIpc) is 2.68.